The Morgan fingerprint density at radius 1 is 0.400 bits per heavy atom. The summed E-state index contributed by atoms with van der Waals surface area (Å²) in [6.45, 7) is 8.88. The number of nitrogens with one attached hydrogen (secondary N) is 2. The Kier molecular flexibility index (Phi) is 367. The van der Waals surface area contributed by atoms with Crippen molar-refractivity contribution in [3.63, 3.8) is 0 Å². The molecule has 24 nitrogen and oxygen atoms in total. The van der Waals surface area contributed by atoms with Crippen LogP contribution in [0, 0.1) is 29.7 Å². The van der Waals surface area contributed by atoms with Gasteiger partial charge in [-0.15, -0.1) is 0 Å². The fourth-order valence-electron chi connectivity index (χ4n) is 3.50. The summed E-state index contributed by atoms with van der Waals surface area (Å²) in [6.07, 6.45) is 38.4. The standard InChI is InChI=1S/C10H13NO2S2.C10H12O3S2.2C7H6S.C5H11NO2S2.C5H10O3S2.2C2H4S.4C2H6S.2CH5N.4CO2.2CH4O.12CH4.4CH3/c1-11-10(12)13-7-8-3-5-9(6-4-8)15-14-2;1-12-10(11)13-7-8-3-5-9(6-4-8)15-14-2;2*1-6-2-4-7(8)5-3-6;1-6-5(7)8-3-4-10-9-2;1-7-5(6)8-3-4-10-9-2;2*1-2-3-1;4*1-3-2;2*1-2;4*2-1-3;2*1-2;;;;;;;;;;;;;;;;/h3-6H,7H2,1-2H3,(H,11,12);3-6H,7H2,1-2H3;2*2-5H,1H2;3-4H2,1-2H3,(H,6,7);3-4H2,1-2H3;2*1-2H2;4*1-2H3;2*2H2,1H3;;;;;2*2H,1H3;12*1H4;4*1H3/q;;;;;;;;;;;;;;;;;;;;;;;;;;;;;;;;4*-1. The lowest BCUT2D eigenvalue weighted by molar-refractivity contribution is -0.193. The van der Waals surface area contributed by atoms with Crippen LogP contribution in [0.2, 0.25) is 0 Å². The van der Waals surface area contributed by atoms with Crippen molar-refractivity contribution in [3.8, 4) is 0 Å². The highest BCUT2D eigenvalue weighted by molar-refractivity contribution is 8.77. The summed E-state index contributed by atoms with van der Waals surface area (Å²) in [4.78, 5) is 111. The lowest BCUT2D eigenvalue weighted by Gasteiger charge is -2.04. The van der Waals surface area contributed by atoms with Gasteiger partial charge >= 0.3 is 49.1 Å². The molecule has 0 atom stereocenters. The third-order valence-electron chi connectivity index (χ3n) is 6.95. The summed E-state index contributed by atoms with van der Waals surface area (Å²) in [6, 6.07) is 15.8. The van der Waals surface area contributed by atoms with E-state index in [9.17, 15) is 19.2 Å². The normalized spacial score (nSPS) is 8.53. The quantitative estimate of drug-likeness (QED) is 0.0173. The van der Waals surface area contributed by atoms with Crippen molar-refractivity contribution < 1.29 is 96.2 Å². The molecule has 6 rings (SSSR count). The topological polar surface area (TPSA) is 377 Å². The Morgan fingerprint density at radius 3 is 0.783 bits per heavy atom. The summed E-state index contributed by atoms with van der Waals surface area (Å²) in [5.41, 5.74) is 13.0. The van der Waals surface area contributed by atoms with Gasteiger partial charge in [0.1, 0.15) is 26.4 Å². The Balaban J connectivity index is -0.0000000262. The second-order valence-electron chi connectivity index (χ2n) is 14.5. The molecule has 8 N–H and O–H groups in total. The number of nitrogens with two attached hydrogens (primary N) is 2. The van der Waals surface area contributed by atoms with E-state index in [0.29, 0.717) is 19.8 Å². The number of amides is 2. The monoisotopic (exact) mass is 2020 g/mol. The highest BCUT2D eigenvalue weighted by Gasteiger charge is 2.03. The average Bonchev–Trinajstić information content (AvgIpc) is 1.93. The van der Waals surface area contributed by atoms with Crippen molar-refractivity contribution in [2.75, 3.05) is 179 Å². The molecule has 0 spiro atoms. The SMILES string of the molecule is C.C.C.C.C.C.C.C.C.C.C.C.C1CS1.C1CS1.C=C1C=CC(=S)C=C1.C=C1C=CC(=S)C=C1.CN.CN.CNC(=O)OCCSSC.CNC(=O)OCc1ccc(SSC)cc1.CO.CO.COC(=O)OCCSSC.COC(=O)OCc1ccc(SSC)cc1.CSC.CSC.CSC.CSC.O=C=O.O=C=O.O=C=O.O=C=O.[CH3-].[CH3-].[CH3-].[CH3-]. The molecule has 2 aromatic rings. The van der Waals surface area contributed by atoms with Crippen LogP contribution in [0.3, 0.4) is 0 Å². The molecule has 2 amide bonds. The number of carbonyl (C=O) groups is 4. The lowest BCUT2D eigenvalue weighted by Crippen LogP contribution is -2.20. The van der Waals surface area contributed by atoms with E-state index >= 15 is 0 Å². The van der Waals surface area contributed by atoms with E-state index in [1.165, 1.54) is 61.1 Å². The van der Waals surface area contributed by atoms with Crippen LogP contribution in [0.15, 0.2) is 131 Å². The summed E-state index contributed by atoms with van der Waals surface area (Å²) >= 11 is 20.7. The number of hydrogen-bond acceptors (Lipinski definition) is 38. The molecule has 0 unspecified atom stereocenters. The van der Waals surface area contributed by atoms with Crippen LogP contribution in [0.25, 0.3) is 0 Å². The molecule has 2 fully saturated rings. The number of allylic oxidation sites excluding steroid dienone is 10. The first kappa shape index (κ1) is 208. The van der Waals surface area contributed by atoms with Crippen LogP contribution >= 0.6 is 181 Å². The van der Waals surface area contributed by atoms with Gasteiger partial charge in [-0.25, -0.2) is 19.2 Å². The molecule has 2 aliphatic heterocycles. The molecule has 0 saturated carbocycles. The number of ether oxygens (including phenoxy) is 6. The zero-order valence-electron chi connectivity index (χ0n) is 66.7. The van der Waals surface area contributed by atoms with E-state index in [-0.39, 0.29) is 156 Å². The van der Waals surface area contributed by atoms with E-state index in [4.69, 9.17) is 87.2 Å². The van der Waals surface area contributed by atoms with Crippen LogP contribution in [0.4, 0.5) is 19.2 Å². The van der Waals surface area contributed by atoms with Crippen molar-refractivity contribution in [2.45, 2.75) is 112 Å². The van der Waals surface area contributed by atoms with Crippen molar-refractivity contribution in [3.05, 3.63) is 162 Å². The third kappa shape index (κ3) is 266. The number of thioether (sulfide) groups is 6. The fourth-order valence-corrected chi connectivity index (χ4v) is 8.52. The molecule has 0 bridgehead atoms. The van der Waals surface area contributed by atoms with Gasteiger partial charge in [-0.3, -0.25) is 0 Å². The molecule has 120 heavy (non-hydrogen) atoms. The van der Waals surface area contributed by atoms with E-state index in [2.05, 4.69) is 49.5 Å². The highest BCUT2D eigenvalue weighted by atomic mass is 33.1. The van der Waals surface area contributed by atoms with Crippen molar-refractivity contribution >= 4 is 240 Å². The molecular weight excluding hydrogens is 1850 g/mol. The number of benzene rings is 2. The second kappa shape index (κ2) is 212. The Morgan fingerprint density at radius 2 is 0.600 bits per heavy atom. The maximum absolute atomic E-state index is 10.8. The molecule has 4 aliphatic rings. The number of methoxy groups -OCH3 is 2. The summed E-state index contributed by atoms with van der Waals surface area (Å²) in [5, 5.41) is 18.8. The molecule has 2 heterocycles. The van der Waals surface area contributed by atoms with Gasteiger partial charge in [-0.1, -0.05) is 262 Å². The number of aliphatic hydroxyl groups is 2. The largest absolute Gasteiger partial charge is 0.508 e. The predicted octanol–water partition coefficient (Wildman–Crippen LogP) is 24.3. The predicted molar refractivity (Wildman–Crippen MR) is 574 cm³/mol. The van der Waals surface area contributed by atoms with E-state index in [0.717, 1.165) is 57.7 Å². The summed E-state index contributed by atoms with van der Waals surface area (Å²) in [7, 11) is 24.1. The Hall–Kier alpha value is -3.60. The number of hydrogen-bond donors (Lipinski definition) is 6. The van der Waals surface area contributed by atoms with Gasteiger partial charge in [0.05, 0.1) is 14.2 Å². The Labute approximate surface area is 804 Å². The maximum atomic E-state index is 10.8. The number of carbonyl (C=O) groups excluding carboxylic acids is 12. The molecule has 2 saturated heterocycles. The third-order valence-corrected chi connectivity index (χ3v) is 15.3. The average molecular weight is 2020 g/mol. The first-order valence-electron chi connectivity index (χ1n) is 28.0. The molecule has 2 aromatic carbocycles. The second-order valence-corrected chi connectivity index (χ2v) is 31.5. The molecule has 0 aromatic heterocycles. The first-order chi connectivity index (χ1) is 50.0. The number of aliphatic hydroxyl groups excluding tert-OH is 2. The van der Waals surface area contributed by atoms with Crippen molar-refractivity contribution in [1.82, 2.24) is 10.6 Å². The minimum absolute atomic E-state index is 0. The molecule has 2 aliphatic carbocycles. The van der Waals surface area contributed by atoms with Crippen LogP contribution < -0.4 is 22.1 Å². The maximum Gasteiger partial charge on any atom is 0.508 e. The zero-order valence-corrected chi connectivity index (χ0v) is 79.7. The summed E-state index contributed by atoms with van der Waals surface area (Å²) < 4.78 is 27.6. The minimum atomic E-state index is -0.655. The van der Waals surface area contributed by atoms with Gasteiger partial charge in [0.2, 0.25) is 0 Å². The van der Waals surface area contributed by atoms with Gasteiger partial charge in [0.15, 0.2) is 0 Å². The van der Waals surface area contributed by atoms with Crippen LogP contribution in [-0.4, -0.2) is 248 Å². The summed E-state index contributed by atoms with van der Waals surface area (Å²) in [5.74, 6) is 7.31. The highest BCUT2D eigenvalue weighted by Crippen LogP contribution is 2.29. The molecule has 40 heteroatoms. The van der Waals surface area contributed by atoms with Crippen LogP contribution in [0.1, 0.15) is 100 Å². The van der Waals surface area contributed by atoms with Crippen LogP contribution in [0.5, 0.6) is 0 Å². The van der Waals surface area contributed by atoms with E-state index in [1.807, 2.05) is 196 Å². The van der Waals surface area contributed by atoms with E-state index in [1.54, 1.807) is 147 Å². The zero-order chi connectivity index (χ0) is 83.7. The number of rotatable bonds is 16. The van der Waals surface area contributed by atoms with Crippen LogP contribution in [-0.2, 0) is 80.0 Å². The fraction of sp³-hybridized carbons (Fsp3) is 0.525. The molecule has 728 valence electrons. The molecule has 0 radical (unpaired) electrons. The molecular formula is C80H168N4O20S16-4. The Bertz CT molecular complexity index is 2200. The van der Waals surface area contributed by atoms with Gasteiger partial charge in [0, 0.05) is 82.4 Å². The van der Waals surface area contributed by atoms with Gasteiger partial charge in [-0.05, 0) is 160 Å². The van der Waals surface area contributed by atoms with Crippen molar-refractivity contribution in [1.29, 1.82) is 0 Å². The number of alkyl carbamates (subject to hydrolysis) is 2. The smallest absolute Gasteiger partial charge is 0.449 e. The van der Waals surface area contributed by atoms with Crippen molar-refractivity contribution in [2.24, 2.45) is 11.5 Å². The minimum Gasteiger partial charge on any atom is -0.449 e. The first-order valence-corrected chi connectivity index (χ1v) is 48.2. The number of thiocarbonyl (C=S) groups is 2. The van der Waals surface area contributed by atoms with Gasteiger partial charge < -0.3 is 90.4 Å². The van der Waals surface area contributed by atoms with E-state index < -0.39 is 18.4 Å². The van der Waals surface area contributed by atoms with Gasteiger partial charge in [-0.2, -0.15) is 109 Å². The lowest BCUT2D eigenvalue weighted by atomic mass is 10.1. The van der Waals surface area contributed by atoms with Gasteiger partial charge in [0.25, 0.3) is 0 Å².